The zero-order valence-corrected chi connectivity index (χ0v) is 20.8. The van der Waals surface area contributed by atoms with Crippen molar-refractivity contribution in [1.82, 2.24) is 20.4 Å². The Morgan fingerprint density at radius 2 is 1.58 bits per heavy atom. The van der Waals surface area contributed by atoms with Gasteiger partial charge in [-0.15, -0.1) is 5.10 Å². The minimum absolute atomic E-state index is 0.0883. The molecule has 1 atom stereocenters. The zero-order valence-electron chi connectivity index (χ0n) is 20.8. The second-order valence-electron chi connectivity index (χ2n) is 8.44. The lowest BCUT2D eigenvalue weighted by Gasteiger charge is -2.17. The van der Waals surface area contributed by atoms with Crippen LogP contribution in [0.2, 0.25) is 0 Å². The Balaban J connectivity index is 1.36. The molecule has 4 rings (SSSR count). The number of likely N-dealkylation sites (N-methyl/N-ethyl adjacent to an activating group) is 1. The number of nitrogens with two attached hydrogens (primary N) is 1. The number of ether oxygens (including phenoxy) is 1. The van der Waals surface area contributed by atoms with Gasteiger partial charge in [0.1, 0.15) is 12.6 Å². The number of hydrogen-bond donors (Lipinski definition) is 4. The van der Waals surface area contributed by atoms with E-state index in [1.807, 2.05) is 60.7 Å². The third kappa shape index (κ3) is 6.76. The molecule has 0 saturated heterocycles. The molecule has 0 aliphatic carbocycles. The van der Waals surface area contributed by atoms with Crippen molar-refractivity contribution in [3.05, 3.63) is 108 Å². The maximum Gasteiger partial charge on any atom is 0.408 e. The first kappa shape index (κ1) is 26.0. The highest BCUT2D eigenvalue weighted by atomic mass is 16.5. The summed E-state index contributed by atoms with van der Waals surface area (Å²) in [5.74, 6) is -0.499. The number of anilines is 2. The van der Waals surface area contributed by atoms with Crippen LogP contribution in [0.1, 0.15) is 21.5 Å². The van der Waals surface area contributed by atoms with E-state index in [9.17, 15) is 14.4 Å². The van der Waals surface area contributed by atoms with E-state index in [4.69, 9.17) is 10.5 Å². The fourth-order valence-electron chi connectivity index (χ4n) is 3.70. The number of nitrogens with zero attached hydrogens (tertiary/aromatic N) is 2. The summed E-state index contributed by atoms with van der Waals surface area (Å²) < 4.78 is 6.82. The van der Waals surface area contributed by atoms with Crippen molar-refractivity contribution in [3.63, 3.8) is 0 Å². The molecule has 0 unspecified atom stereocenters. The maximum atomic E-state index is 12.8. The van der Waals surface area contributed by atoms with Crippen molar-refractivity contribution in [2.45, 2.75) is 19.1 Å². The fraction of sp³-hybridized carbons (Fsp3) is 0.143. The molecule has 3 amide bonds. The van der Waals surface area contributed by atoms with Crippen LogP contribution in [0.15, 0.2) is 91.1 Å². The van der Waals surface area contributed by atoms with E-state index in [0.717, 1.165) is 16.8 Å². The van der Waals surface area contributed by atoms with Crippen molar-refractivity contribution < 1.29 is 19.1 Å². The number of carbonyl (C=O) groups excluding carboxylic acids is 3. The molecule has 0 aliphatic heterocycles. The normalized spacial score (nSPS) is 11.3. The number of rotatable bonds is 9. The van der Waals surface area contributed by atoms with Crippen molar-refractivity contribution >= 4 is 29.4 Å². The molecule has 1 aromatic heterocycles. The van der Waals surface area contributed by atoms with Gasteiger partial charge in [-0.2, -0.15) is 0 Å². The Morgan fingerprint density at radius 3 is 2.24 bits per heavy atom. The largest absolute Gasteiger partial charge is 0.445 e. The van der Waals surface area contributed by atoms with Crippen LogP contribution in [0.5, 0.6) is 0 Å². The Labute approximate surface area is 219 Å². The van der Waals surface area contributed by atoms with Gasteiger partial charge in [-0.1, -0.05) is 60.7 Å². The third-order valence-electron chi connectivity index (χ3n) is 5.72. The van der Waals surface area contributed by atoms with Gasteiger partial charge in [0.2, 0.25) is 5.91 Å². The predicted octanol–water partition coefficient (Wildman–Crippen LogP) is 3.29. The Bertz CT molecular complexity index is 1390. The lowest BCUT2D eigenvalue weighted by atomic mass is 10.0. The lowest BCUT2D eigenvalue weighted by molar-refractivity contribution is -0.122. The van der Waals surface area contributed by atoms with Gasteiger partial charge in [0.25, 0.3) is 5.91 Å². The van der Waals surface area contributed by atoms with Crippen LogP contribution in [0.25, 0.3) is 5.69 Å². The number of carbonyl (C=O) groups is 3. The topological polar surface area (TPSA) is 140 Å². The molecule has 0 radical (unpaired) electrons. The van der Waals surface area contributed by atoms with Crippen molar-refractivity contribution in [1.29, 1.82) is 0 Å². The Hall–Kier alpha value is -5.12. The molecule has 38 heavy (non-hydrogen) atoms. The number of hydrogen-bond acceptors (Lipinski definition) is 6. The number of nitrogens with one attached hydrogen (secondary N) is 3. The van der Waals surface area contributed by atoms with E-state index in [1.165, 1.54) is 7.05 Å². The summed E-state index contributed by atoms with van der Waals surface area (Å²) in [6.07, 6.45) is 1.13. The summed E-state index contributed by atoms with van der Waals surface area (Å²) in [6, 6.07) is 24.5. The third-order valence-corrected chi connectivity index (χ3v) is 5.72. The Morgan fingerprint density at radius 1 is 0.921 bits per heavy atom. The van der Waals surface area contributed by atoms with Crippen LogP contribution in [0.3, 0.4) is 0 Å². The summed E-state index contributed by atoms with van der Waals surface area (Å²) >= 11 is 0. The van der Waals surface area contributed by atoms with Crippen LogP contribution < -0.4 is 21.7 Å². The highest BCUT2D eigenvalue weighted by Gasteiger charge is 2.21. The van der Waals surface area contributed by atoms with Gasteiger partial charge in [0, 0.05) is 19.0 Å². The van der Waals surface area contributed by atoms with E-state index in [2.05, 4.69) is 21.0 Å². The molecule has 10 nitrogen and oxygen atoms in total. The van der Waals surface area contributed by atoms with Gasteiger partial charge in [-0.25, -0.2) is 9.48 Å². The van der Waals surface area contributed by atoms with Crippen LogP contribution in [0, 0.1) is 0 Å². The fourth-order valence-corrected chi connectivity index (χ4v) is 3.70. The number of benzene rings is 3. The Kier molecular flexibility index (Phi) is 8.35. The van der Waals surface area contributed by atoms with Gasteiger partial charge in [0.05, 0.1) is 17.6 Å². The molecule has 0 spiro atoms. The van der Waals surface area contributed by atoms with E-state index < -0.39 is 12.1 Å². The van der Waals surface area contributed by atoms with Crippen LogP contribution in [-0.4, -0.2) is 40.8 Å². The number of amides is 3. The van der Waals surface area contributed by atoms with Gasteiger partial charge in [-0.3, -0.25) is 9.59 Å². The summed E-state index contributed by atoms with van der Waals surface area (Å²) in [6.45, 7) is 0.0883. The summed E-state index contributed by atoms with van der Waals surface area (Å²) in [4.78, 5) is 37.4. The van der Waals surface area contributed by atoms with E-state index >= 15 is 0 Å². The predicted molar refractivity (Wildman–Crippen MR) is 144 cm³/mol. The molecular formula is C28H28N6O4. The molecule has 194 valence electrons. The van der Waals surface area contributed by atoms with Gasteiger partial charge in [0.15, 0.2) is 5.82 Å². The molecular weight excluding hydrogens is 484 g/mol. The van der Waals surface area contributed by atoms with Crippen LogP contribution in [-0.2, 0) is 22.6 Å². The zero-order chi connectivity index (χ0) is 26.9. The maximum absolute atomic E-state index is 12.8. The highest BCUT2D eigenvalue weighted by Crippen LogP contribution is 2.20. The van der Waals surface area contributed by atoms with Gasteiger partial charge < -0.3 is 26.4 Å². The van der Waals surface area contributed by atoms with Crippen molar-refractivity contribution in [2.75, 3.05) is 18.1 Å². The second-order valence-corrected chi connectivity index (χ2v) is 8.44. The molecule has 0 bridgehead atoms. The van der Waals surface area contributed by atoms with Crippen LogP contribution >= 0.6 is 0 Å². The molecule has 3 aromatic carbocycles. The molecule has 1 heterocycles. The molecule has 0 aliphatic rings. The second kappa shape index (κ2) is 12.2. The quantitative estimate of drug-likeness (QED) is 0.271. The SMILES string of the molecule is CNC(=O)[C@H](Cc1ccc(C(=O)Nc2nn(-c3ccccc3)cc2N)cc1)NC(=O)OCc1ccccc1. The summed E-state index contributed by atoms with van der Waals surface area (Å²) in [7, 11) is 1.49. The van der Waals surface area contributed by atoms with E-state index in [0.29, 0.717) is 11.3 Å². The first-order valence-electron chi connectivity index (χ1n) is 11.9. The first-order valence-corrected chi connectivity index (χ1v) is 11.9. The number of para-hydroxylation sites is 1. The lowest BCUT2D eigenvalue weighted by Crippen LogP contribution is -2.47. The standard InChI is InChI=1S/C28H28N6O4/c1-30-27(36)24(31-28(37)38-18-20-8-4-2-5-9-20)16-19-12-14-21(15-13-19)26(35)32-25-23(29)17-34(33-25)22-10-6-3-7-11-22/h2-15,17,24H,16,18,29H2,1H3,(H,30,36)(H,31,37)(H,32,33,35)/t24-/m0/s1. The number of aromatic nitrogens is 2. The average molecular weight is 513 g/mol. The van der Waals surface area contributed by atoms with Crippen molar-refractivity contribution in [2.24, 2.45) is 0 Å². The van der Waals surface area contributed by atoms with E-state index in [1.54, 1.807) is 35.1 Å². The summed E-state index contributed by atoms with van der Waals surface area (Å²) in [5, 5.41) is 12.2. The minimum atomic E-state index is -0.857. The first-order chi connectivity index (χ1) is 18.4. The number of nitrogen functional groups attached to an aromatic ring is 1. The summed E-state index contributed by atoms with van der Waals surface area (Å²) in [5.41, 5.74) is 9.14. The van der Waals surface area contributed by atoms with Crippen LogP contribution in [0.4, 0.5) is 16.3 Å². The molecule has 0 saturated carbocycles. The average Bonchev–Trinajstić information content (AvgIpc) is 3.32. The highest BCUT2D eigenvalue weighted by molar-refractivity contribution is 6.05. The number of alkyl carbamates (subject to hydrolysis) is 1. The van der Waals surface area contributed by atoms with Gasteiger partial charge in [-0.05, 0) is 35.4 Å². The smallest absolute Gasteiger partial charge is 0.408 e. The monoisotopic (exact) mass is 512 g/mol. The molecule has 0 fully saturated rings. The van der Waals surface area contributed by atoms with Crippen molar-refractivity contribution in [3.8, 4) is 5.69 Å². The molecule has 5 N–H and O–H groups in total. The van der Waals surface area contributed by atoms with Gasteiger partial charge >= 0.3 is 6.09 Å². The molecule has 10 heteroatoms. The molecule has 4 aromatic rings. The van der Waals surface area contributed by atoms with E-state index in [-0.39, 0.29) is 30.7 Å². The minimum Gasteiger partial charge on any atom is -0.445 e.